The number of fused-ring (bicyclic) bond motifs is 1. The lowest BCUT2D eigenvalue weighted by molar-refractivity contribution is -0.130. The monoisotopic (exact) mass is 726 g/mol. The van der Waals surface area contributed by atoms with Gasteiger partial charge in [0.1, 0.15) is 0 Å². The number of aromatic nitrogens is 4. The van der Waals surface area contributed by atoms with Crippen LogP contribution >= 0.6 is 23.2 Å². The van der Waals surface area contributed by atoms with Gasteiger partial charge in [0.2, 0.25) is 17.7 Å². The number of amides is 2. The maximum atomic E-state index is 11.7. The first-order valence-electron chi connectivity index (χ1n) is 17.2. The van der Waals surface area contributed by atoms with Crippen LogP contribution in [0, 0.1) is 0 Å². The number of nitrogens with one attached hydrogen (secondary N) is 3. The highest BCUT2D eigenvalue weighted by atomic mass is 35.5. The van der Waals surface area contributed by atoms with E-state index in [1.54, 1.807) is 18.7 Å². The molecule has 2 aliphatic heterocycles. The fraction of sp³-hybridized carbons (Fsp3) is 0.342. The molecule has 2 amide bonds. The van der Waals surface area contributed by atoms with Gasteiger partial charge in [-0.3, -0.25) is 9.59 Å². The van der Waals surface area contributed by atoms with Crippen LogP contribution in [0.25, 0.3) is 39.1 Å². The average Bonchev–Trinajstić information content (AvgIpc) is 3.76. The Hall–Kier alpha value is -4.55. The number of hydrogen-bond donors (Lipinski definition) is 3. The molecule has 0 radical (unpaired) electrons. The Labute approximate surface area is 306 Å². The van der Waals surface area contributed by atoms with Crippen molar-refractivity contribution in [2.45, 2.75) is 57.8 Å². The maximum absolute atomic E-state index is 11.7. The minimum absolute atomic E-state index is 0.100. The number of methoxy groups -OCH3 is 1. The Kier molecular flexibility index (Phi) is 10.5. The lowest BCUT2D eigenvalue weighted by Gasteiger charge is -2.31. The van der Waals surface area contributed by atoms with E-state index in [2.05, 4.69) is 27.0 Å². The molecule has 0 aliphatic carbocycles. The maximum Gasteiger partial charge on any atom is 0.220 e. The third kappa shape index (κ3) is 7.72. The van der Waals surface area contributed by atoms with Crippen LogP contribution in [-0.4, -0.2) is 75.3 Å². The molecule has 51 heavy (non-hydrogen) atoms. The molecular formula is C38H40Cl2N8O3. The van der Waals surface area contributed by atoms with Gasteiger partial charge < -0.3 is 25.6 Å². The quantitative estimate of drug-likeness (QED) is 0.153. The van der Waals surface area contributed by atoms with Crippen LogP contribution < -0.4 is 20.7 Å². The van der Waals surface area contributed by atoms with E-state index in [1.807, 2.05) is 65.8 Å². The standard InChI is InChI=1S/C38H40Cl2N8O3/c1-23(49)47-15-13-27(14-16-47)42-18-24-17-26-22-48(46-37(26)43-19-24)33-8-4-6-30(36(33)40)29-5-3-7-31(35(29)39)32-11-9-25(38(45-32)51-2)20-41-21-28-10-12-34(50)44-28/h3-9,11,17,19,22,27-28,41-42H,10,12-16,18,20-21H2,1-2H3,(H,44,50)/t28-/m0/s1. The van der Waals surface area contributed by atoms with Crippen molar-refractivity contribution >= 4 is 46.0 Å². The normalized spacial score (nSPS) is 16.5. The Balaban J connectivity index is 1.08. The van der Waals surface area contributed by atoms with Crippen molar-refractivity contribution in [3.63, 3.8) is 0 Å². The molecule has 5 aromatic rings. The SMILES string of the molecule is COc1nc(-c2cccc(-c3cccc(-n4cc5cc(CNC6CCN(C(C)=O)CC6)cnc5n4)c3Cl)c2Cl)ccc1CNC[C@@H]1CCC(=O)N1. The number of carbonyl (C=O) groups excluding carboxylic acids is 2. The van der Waals surface area contributed by atoms with E-state index in [1.165, 1.54) is 0 Å². The summed E-state index contributed by atoms with van der Waals surface area (Å²) in [6.45, 7) is 5.12. The van der Waals surface area contributed by atoms with Crippen molar-refractivity contribution in [1.29, 1.82) is 0 Å². The Morgan fingerprint density at radius 2 is 1.76 bits per heavy atom. The molecule has 2 fully saturated rings. The smallest absolute Gasteiger partial charge is 0.220 e. The molecule has 1 atom stereocenters. The number of rotatable bonds is 11. The number of likely N-dealkylation sites (tertiary alicyclic amines) is 1. The molecule has 264 valence electrons. The number of ether oxygens (including phenoxy) is 1. The lowest BCUT2D eigenvalue weighted by atomic mass is 10.00. The summed E-state index contributed by atoms with van der Waals surface area (Å²) in [6, 6.07) is 18.1. The van der Waals surface area contributed by atoms with Crippen LogP contribution in [0.3, 0.4) is 0 Å². The summed E-state index contributed by atoms with van der Waals surface area (Å²) in [5, 5.41) is 16.7. The van der Waals surface area contributed by atoms with Crippen molar-refractivity contribution in [3.05, 3.63) is 88.2 Å². The third-order valence-electron chi connectivity index (χ3n) is 9.66. The van der Waals surface area contributed by atoms with E-state index >= 15 is 0 Å². The van der Waals surface area contributed by atoms with E-state index < -0.39 is 0 Å². The van der Waals surface area contributed by atoms with E-state index in [4.69, 9.17) is 38.0 Å². The minimum Gasteiger partial charge on any atom is -0.481 e. The number of carbonyl (C=O) groups is 2. The third-order valence-corrected chi connectivity index (χ3v) is 10.5. The molecule has 2 aromatic carbocycles. The number of benzene rings is 2. The molecule has 2 aliphatic rings. The summed E-state index contributed by atoms with van der Waals surface area (Å²) >= 11 is 14.2. The molecule has 3 N–H and O–H groups in total. The molecule has 3 aromatic heterocycles. The molecular weight excluding hydrogens is 687 g/mol. The summed E-state index contributed by atoms with van der Waals surface area (Å²) in [4.78, 5) is 34.5. The predicted molar refractivity (Wildman–Crippen MR) is 199 cm³/mol. The summed E-state index contributed by atoms with van der Waals surface area (Å²) < 4.78 is 7.41. The molecule has 13 heteroatoms. The summed E-state index contributed by atoms with van der Waals surface area (Å²) in [5.41, 5.74) is 6.26. The second-order valence-corrected chi connectivity index (χ2v) is 13.9. The average molecular weight is 728 g/mol. The van der Waals surface area contributed by atoms with Crippen LogP contribution in [-0.2, 0) is 22.7 Å². The molecule has 0 unspecified atom stereocenters. The van der Waals surface area contributed by atoms with E-state index in [9.17, 15) is 9.59 Å². The van der Waals surface area contributed by atoms with Crippen LogP contribution in [0.15, 0.2) is 67.0 Å². The van der Waals surface area contributed by atoms with Gasteiger partial charge in [0.25, 0.3) is 0 Å². The molecule has 0 spiro atoms. The molecule has 0 saturated carbocycles. The van der Waals surface area contributed by atoms with E-state index in [-0.39, 0.29) is 17.9 Å². The fourth-order valence-electron chi connectivity index (χ4n) is 6.83. The second kappa shape index (κ2) is 15.4. The fourth-order valence-corrected chi connectivity index (χ4v) is 7.47. The highest BCUT2D eigenvalue weighted by Gasteiger charge is 2.22. The van der Waals surface area contributed by atoms with Gasteiger partial charge in [-0.2, -0.15) is 0 Å². The molecule has 5 heterocycles. The van der Waals surface area contributed by atoms with Crippen molar-refractivity contribution < 1.29 is 14.3 Å². The van der Waals surface area contributed by atoms with Crippen molar-refractivity contribution in [2.75, 3.05) is 26.7 Å². The highest BCUT2D eigenvalue weighted by Crippen LogP contribution is 2.41. The zero-order valence-electron chi connectivity index (χ0n) is 28.6. The number of piperidine rings is 1. The van der Waals surface area contributed by atoms with Crippen molar-refractivity contribution in [2.24, 2.45) is 0 Å². The molecule has 7 rings (SSSR count). The van der Waals surface area contributed by atoms with Crippen molar-refractivity contribution in [1.82, 2.24) is 40.6 Å². The van der Waals surface area contributed by atoms with E-state index in [0.717, 1.165) is 65.6 Å². The van der Waals surface area contributed by atoms with Gasteiger partial charge in [0.15, 0.2) is 5.65 Å². The van der Waals surface area contributed by atoms with Gasteiger partial charge in [-0.15, -0.1) is 5.10 Å². The molecule has 2 saturated heterocycles. The van der Waals surface area contributed by atoms with E-state index in [0.29, 0.717) is 65.1 Å². The van der Waals surface area contributed by atoms with Gasteiger partial charge in [-0.1, -0.05) is 59.6 Å². The van der Waals surface area contributed by atoms with Crippen LogP contribution in [0.4, 0.5) is 0 Å². The van der Waals surface area contributed by atoms with Crippen molar-refractivity contribution in [3.8, 4) is 34.0 Å². The van der Waals surface area contributed by atoms with Crippen LogP contribution in [0.2, 0.25) is 10.0 Å². The first-order valence-corrected chi connectivity index (χ1v) is 18.0. The largest absolute Gasteiger partial charge is 0.481 e. The first-order chi connectivity index (χ1) is 24.8. The zero-order valence-corrected chi connectivity index (χ0v) is 30.1. The molecule has 11 nitrogen and oxygen atoms in total. The van der Waals surface area contributed by atoms with Crippen LogP contribution in [0.5, 0.6) is 5.88 Å². The highest BCUT2D eigenvalue weighted by molar-refractivity contribution is 6.39. The van der Waals surface area contributed by atoms with Crippen LogP contribution in [0.1, 0.15) is 43.7 Å². The second-order valence-electron chi connectivity index (χ2n) is 13.1. The summed E-state index contributed by atoms with van der Waals surface area (Å²) in [7, 11) is 1.60. The summed E-state index contributed by atoms with van der Waals surface area (Å²) in [5.74, 6) is 0.745. The van der Waals surface area contributed by atoms with Gasteiger partial charge in [-0.05, 0) is 43.0 Å². The lowest BCUT2D eigenvalue weighted by Crippen LogP contribution is -2.43. The predicted octanol–water partition coefficient (Wildman–Crippen LogP) is 5.93. The Morgan fingerprint density at radius 1 is 1.00 bits per heavy atom. The van der Waals surface area contributed by atoms with Gasteiger partial charge >= 0.3 is 0 Å². The number of halogens is 2. The number of pyridine rings is 2. The number of nitrogens with zero attached hydrogens (tertiary/aromatic N) is 5. The molecule has 0 bridgehead atoms. The van der Waals surface area contributed by atoms with Gasteiger partial charge in [-0.25, -0.2) is 14.6 Å². The zero-order chi connectivity index (χ0) is 35.5. The Bertz CT molecular complexity index is 2080. The number of hydrogen-bond acceptors (Lipinski definition) is 8. The minimum atomic E-state index is 0.100. The Morgan fingerprint density at radius 3 is 2.51 bits per heavy atom. The summed E-state index contributed by atoms with van der Waals surface area (Å²) in [6.07, 6.45) is 7.08. The van der Waals surface area contributed by atoms with Gasteiger partial charge in [0, 0.05) is 98.2 Å². The van der Waals surface area contributed by atoms with Gasteiger partial charge in [0.05, 0.1) is 28.5 Å². The first kappa shape index (κ1) is 34.9. The topological polar surface area (TPSA) is 126 Å².